The van der Waals surface area contributed by atoms with E-state index in [0.29, 0.717) is 22.4 Å². The first-order valence-corrected chi connectivity index (χ1v) is 7.71. The van der Waals surface area contributed by atoms with Crippen molar-refractivity contribution in [2.24, 2.45) is 5.73 Å². The summed E-state index contributed by atoms with van der Waals surface area (Å²) in [6.07, 6.45) is 0.690. The Morgan fingerprint density at radius 1 is 1.15 bits per heavy atom. The molecule has 20 heavy (non-hydrogen) atoms. The average Bonchev–Trinajstić information content (AvgIpc) is 2.37. The lowest BCUT2D eigenvalue weighted by molar-refractivity contribution is 0.465. The molecule has 0 heterocycles. The first-order valence-electron chi connectivity index (χ1n) is 6.12. The van der Waals surface area contributed by atoms with Crippen molar-refractivity contribution in [2.75, 3.05) is 0 Å². The highest BCUT2D eigenvalue weighted by atomic mass is 79.9. The fourth-order valence-corrected chi connectivity index (χ4v) is 2.48. The van der Waals surface area contributed by atoms with Gasteiger partial charge in [0.15, 0.2) is 0 Å². The molecule has 0 aliphatic heterocycles. The lowest BCUT2D eigenvalue weighted by Gasteiger charge is -2.14. The summed E-state index contributed by atoms with van der Waals surface area (Å²) < 4.78 is 20.7. The predicted octanol–water partition coefficient (Wildman–Crippen LogP) is 5.03. The van der Waals surface area contributed by atoms with E-state index in [-0.39, 0.29) is 11.9 Å². The van der Waals surface area contributed by atoms with Gasteiger partial charge in [-0.3, -0.25) is 0 Å². The van der Waals surface area contributed by atoms with Crippen LogP contribution < -0.4 is 10.5 Å². The maximum atomic E-state index is 13.3. The monoisotopic (exact) mass is 401 g/mol. The standard InChI is InChI=1S/C15H14Br2FNO/c1-9(19)6-10-2-3-11(16)7-14(10)20-15-8-12(18)4-5-13(15)17/h2-5,7-9H,6,19H2,1H3. The second-order valence-electron chi connectivity index (χ2n) is 4.61. The van der Waals surface area contributed by atoms with Gasteiger partial charge in [0.05, 0.1) is 4.47 Å². The van der Waals surface area contributed by atoms with Crippen LogP contribution in [0.2, 0.25) is 0 Å². The van der Waals surface area contributed by atoms with E-state index in [1.54, 1.807) is 6.07 Å². The molecule has 2 aromatic carbocycles. The number of rotatable bonds is 4. The highest BCUT2D eigenvalue weighted by Gasteiger charge is 2.10. The van der Waals surface area contributed by atoms with Gasteiger partial charge in [0.2, 0.25) is 0 Å². The molecule has 1 atom stereocenters. The van der Waals surface area contributed by atoms with Gasteiger partial charge < -0.3 is 10.5 Å². The number of halogens is 3. The molecule has 0 spiro atoms. The Hall–Kier alpha value is -0.910. The van der Waals surface area contributed by atoms with Gasteiger partial charge >= 0.3 is 0 Å². The summed E-state index contributed by atoms with van der Waals surface area (Å²) in [6, 6.07) is 10.1. The molecule has 0 fully saturated rings. The Morgan fingerprint density at radius 2 is 1.90 bits per heavy atom. The SMILES string of the molecule is CC(N)Cc1ccc(Br)cc1Oc1cc(F)ccc1Br. The fourth-order valence-electron chi connectivity index (χ4n) is 1.81. The van der Waals surface area contributed by atoms with Gasteiger partial charge in [0, 0.05) is 16.6 Å². The third-order valence-corrected chi connectivity index (χ3v) is 3.83. The van der Waals surface area contributed by atoms with Gasteiger partial charge in [0.1, 0.15) is 17.3 Å². The van der Waals surface area contributed by atoms with Crippen molar-refractivity contribution in [3.05, 3.63) is 56.7 Å². The molecular weight excluding hydrogens is 389 g/mol. The molecule has 0 aliphatic carbocycles. The summed E-state index contributed by atoms with van der Waals surface area (Å²) in [4.78, 5) is 0. The van der Waals surface area contributed by atoms with Crippen LogP contribution in [0.25, 0.3) is 0 Å². The van der Waals surface area contributed by atoms with Gasteiger partial charge in [-0.15, -0.1) is 0 Å². The van der Waals surface area contributed by atoms with Crippen LogP contribution in [0.3, 0.4) is 0 Å². The van der Waals surface area contributed by atoms with Gasteiger partial charge in [-0.2, -0.15) is 0 Å². The number of nitrogens with two attached hydrogens (primary N) is 1. The van der Waals surface area contributed by atoms with Crippen LogP contribution in [0.1, 0.15) is 12.5 Å². The fraction of sp³-hybridized carbons (Fsp3) is 0.200. The minimum Gasteiger partial charge on any atom is -0.456 e. The largest absolute Gasteiger partial charge is 0.456 e. The molecule has 0 saturated carbocycles. The molecule has 0 aromatic heterocycles. The van der Waals surface area contributed by atoms with Crippen molar-refractivity contribution < 1.29 is 9.13 Å². The topological polar surface area (TPSA) is 35.2 Å². The summed E-state index contributed by atoms with van der Waals surface area (Å²) >= 11 is 6.77. The first-order chi connectivity index (χ1) is 9.45. The van der Waals surface area contributed by atoms with E-state index in [9.17, 15) is 4.39 Å². The summed E-state index contributed by atoms with van der Waals surface area (Å²) in [5, 5.41) is 0. The average molecular weight is 403 g/mol. The van der Waals surface area contributed by atoms with Crippen LogP contribution in [-0.4, -0.2) is 6.04 Å². The Labute approximate surface area is 134 Å². The Bertz CT molecular complexity index is 617. The van der Waals surface area contributed by atoms with Crippen LogP contribution in [0, 0.1) is 5.82 Å². The van der Waals surface area contributed by atoms with Gasteiger partial charge in [-0.05, 0) is 59.1 Å². The highest BCUT2D eigenvalue weighted by molar-refractivity contribution is 9.10. The number of ether oxygens (including phenoxy) is 1. The molecule has 106 valence electrons. The second kappa shape index (κ2) is 6.70. The number of hydrogen-bond acceptors (Lipinski definition) is 2. The quantitative estimate of drug-likeness (QED) is 0.777. The first kappa shape index (κ1) is 15.5. The van der Waals surface area contributed by atoms with Crippen molar-refractivity contribution in [1.82, 2.24) is 0 Å². The minimum absolute atomic E-state index is 0.0227. The number of benzene rings is 2. The molecule has 5 heteroatoms. The van der Waals surface area contributed by atoms with E-state index in [1.807, 2.05) is 25.1 Å². The predicted molar refractivity (Wildman–Crippen MR) is 85.7 cm³/mol. The Balaban J connectivity index is 2.36. The molecule has 0 saturated heterocycles. The normalized spacial score (nSPS) is 12.2. The molecule has 0 radical (unpaired) electrons. The third-order valence-electron chi connectivity index (χ3n) is 2.68. The zero-order chi connectivity index (χ0) is 14.7. The molecular formula is C15H14Br2FNO. The number of hydrogen-bond donors (Lipinski definition) is 1. The van der Waals surface area contributed by atoms with Crippen LogP contribution in [-0.2, 0) is 6.42 Å². The van der Waals surface area contributed by atoms with Crippen molar-refractivity contribution in [2.45, 2.75) is 19.4 Å². The van der Waals surface area contributed by atoms with Crippen molar-refractivity contribution in [3.63, 3.8) is 0 Å². The zero-order valence-corrected chi connectivity index (χ0v) is 14.0. The molecule has 0 amide bonds. The summed E-state index contributed by atoms with van der Waals surface area (Å²) in [5.41, 5.74) is 6.83. The summed E-state index contributed by atoms with van der Waals surface area (Å²) in [6.45, 7) is 1.93. The smallest absolute Gasteiger partial charge is 0.144 e. The van der Waals surface area contributed by atoms with Gasteiger partial charge in [-0.1, -0.05) is 22.0 Å². The maximum Gasteiger partial charge on any atom is 0.144 e. The molecule has 2 nitrogen and oxygen atoms in total. The molecule has 0 aliphatic rings. The Kier molecular flexibility index (Phi) is 5.18. The lowest BCUT2D eigenvalue weighted by atomic mass is 10.1. The van der Waals surface area contributed by atoms with Gasteiger partial charge in [-0.25, -0.2) is 4.39 Å². The van der Waals surface area contributed by atoms with Crippen LogP contribution >= 0.6 is 31.9 Å². The van der Waals surface area contributed by atoms with Crippen molar-refractivity contribution in [3.8, 4) is 11.5 Å². The highest BCUT2D eigenvalue weighted by Crippen LogP contribution is 2.34. The second-order valence-corrected chi connectivity index (χ2v) is 6.38. The van der Waals surface area contributed by atoms with E-state index in [4.69, 9.17) is 10.5 Å². The van der Waals surface area contributed by atoms with Crippen LogP contribution in [0.5, 0.6) is 11.5 Å². The van der Waals surface area contributed by atoms with Crippen molar-refractivity contribution >= 4 is 31.9 Å². The zero-order valence-electron chi connectivity index (χ0n) is 10.9. The third kappa shape index (κ3) is 4.04. The van der Waals surface area contributed by atoms with E-state index in [0.717, 1.165) is 10.0 Å². The maximum absolute atomic E-state index is 13.3. The van der Waals surface area contributed by atoms with E-state index in [2.05, 4.69) is 31.9 Å². The Morgan fingerprint density at radius 3 is 2.60 bits per heavy atom. The van der Waals surface area contributed by atoms with E-state index in [1.165, 1.54) is 12.1 Å². The van der Waals surface area contributed by atoms with Crippen LogP contribution in [0.4, 0.5) is 4.39 Å². The van der Waals surface area contributed by atoms with E-state index >= 15 is 0 Å². The molecule has 2 N–H and O–H groups in total. The van der Waals surface area contributed by atoms with Crippen molar-refractivity contribution in [1.29, 1.82) is 0 Å². The summed E-state index contributed by atoms with van der Waals surface area (Å²) in [7, 11) is 0. The molecule has 1 unspecified atom stereocenters. The molecule has 0 bridgehead atoms. The summed E-state index contributed by atoms with van der Waals surface area (Å²) in [5.74, 6) is 0.768. The molecule has 2 rings (SSSR count). The minimum atomic E-state index is -0.341. The van der Waals surface area contributed by atoms with E-state index < -0.39 is 0 Å². The lowest BCUT2D eigenvalue weighted by Crippen LogP contribution is -2.18. The van der Waals surface area contributed by atoms with Crippen LogP contribution in [0.15, 0.2) is 45.3 Å². The van der Waals surface area contributed by atoms with Gasteiger partial charge in [0.25, 0.3) is 0 Å². The molecule has 2 aromatic rings.